The highest BCUT2D eigenvalue weighted by Crippen LogP contribution is 2.33. The average molecular weight is 199 g/mol. The highest BCUT2D eigenvalue weighted by atomic mass is 16.5. The van der Waals surface area contributed by atoms with E-state index in [4.69, 9.17) is 4.74 Å². The van der Waals surface area contributed by atoms with Gasteiger partial charge < -0.3 is 10.1 Å². The molecule has 0 atom stereocenters. The summed E-state index contributed by atoms with van der Waals surface area (Å²) in [6, 6.07) is 0. The Morgan fingerprint density at radius 1 is 1.50 bits per heavy atom. The number of nitrogens with one attached hydrogen (secondary N) is 1. The maximum absolute atomic E-state index is 11.1. The van der Waals surface area contributed by atoms with E-state index in [-0.39, 0.29) is 12.1 Å². The van der Waals surface area contributed by atoms with Gasteiger partial charge in [0, 0.05) is 0 Å². The third-order valence-corrected chi connectivity index (χ3v) is 2.30. The van der Waals surface area contributed by atoms with Crippen LogP contribution in [0, 0.1) is 5.92 Å². The second kappa shape index (κ2) is 6.02. The first kappa shape index (κ1) is 11.5. The molecule has 1 aliphatic rings. The molecule has 0 aliphatic heterocycles. The summed E-state index contributed by atoms with van der Waals surface area (Å²) in [6.45, 7) is 5.02. The number of carbonyl (C=O) groups is 1. The molecule has 0 bridgehead atoms. The third-order valence-electron chi connectivity index (χ3n) is 2.30. The first-order chi connectivity index (χ1) is 6.68. The molecule has 3 nitrogen and oxygen atoms in total. The molecule has 1 aliphatic carbocycles. The minimum Gasteiger partial charge on any atom is -0.462 e. The summed E-state index contributed by atoms with van der Waals surface area (Å²) >= 11 is 0. The van der Waals surface area contributed by atoms with Crippen molar-refractivity contribution in [2.75, 3.05) is 13.1 Å². The van der Waals surface area contributed by atoms with Gasteiger partial charge in [-0.15, -0.1) is 0 Å². The molecule has 0 aromatic rings. The molecule has 1 saturated carbocycles. The topological polar surface area (TPSA) is 38.3 Å². The number of esters is 1. The number of ether oxygens (including phenoxy) is 1. The van der Waals surface area contributed by atoms with Gasteiger partial charge in [-0.05, 0) is 39.2 Å². The molecule has 0 aromatic carbocycles. The molecule has 0 heterocycles. The molecule has 1 fully saturated rings. The fourth-order valence-electron chi connectivity index (χ4n) is 1.42. The molecule has 14 heavy (non-hydrogen) atoms. The molecule has 82 valence electrons. The Hall–Kier alpha value is -0.570. The Labute approximate surface area is 86.2 Å². The lowest BCUT2D eigenvalue weighted by Crippen LogP contribution is -2.27. The Kier molecular flexibility index (Phi) is 4.94. The van der Waals surface area contributed by atoms with Crippen molar-refractivity contribution in [2.24, 2.45) is 5.92 Å². The van der Waals surface area contributed by atoms with E-state index in [1.165, 1.54) is 25.7 Å². The van der Waals surface area contributed by atoms with Gasteiger partial charge in [-0.25, -0.2) is 0 Å². The summed E-state index contributed by atoms with van der Waals surface area (Å²) in [5.41, 5.74) is 0. The summed E-state index contributed by atoms with van der Waals surface area (Å²) in [4.78, 5) is 11.1. The summed E-state index contributed by atoms with van der Waals surface area (Å²) in [5.74, 6) is 0.839. The standard InChI is InChI=1S/C11H21NO2/c1-9(2)14-11(13)8-12-7-3-4-10-5-6-10/h9-10,12H,3-8H2,1-2H3. The van der Waals surface area contributed by atoms with Crippen LogP contribution in [-0.4, -0.2) is 25.2 Å². The Bertz CT molecular complexity index is 176. The van der Waals surface area contributed by atoms with Crippen LogP contribution in [0.5, 0.6) is 0 Å². The van der Waals surface area contributed by atoms with Crippen molar-refractivity contribution in [3.05, 3.63) is 0 Å². The number of hydrogen-bond acceptors (Lipinski definition) is 3. The fourth-order valence-corrected chi connectivity index (χ4v) is 1.42. The van der Waals surface area contributed by atoms with Gasteiger partial charge >= 0.3 is 5.97 Å². The molecule has 0 amide bonds. The first-order valence-electron chi connectivity index (χ1n) is 5.58. The molecule has 1 rings (SSSR count). The smallest absolute Gasteiger partial charge is 0.320 e. The lowest BCUT2D eigenvalue weighted by Gasteiger charge is -2.08. The second-order valence-corrected chi connectivity index (χ2v) is 4.30. The number of hydrogen-bond donors (Lipinski definition) is 1. The summed E-state index contributed by atoms with van der Waals surface area (Å²) < 4.78 is 4.99. The normalized spacial score (nSPS) is 15.9. The van der Waals surface area contributed by atoms with Crippen molar-refractivity contribution in [2.45, 2.75) is 45.6 Å². The van der Waals surface area contributed by atoms with Crippen molar-refractivity contribution < 1.29 is 9.53 Å². The van der Waals surface area contributed by atoms with Crippen molar-refractivity contribution in [3.63, 3.8) is 0 Å². The SMILES string of the molecule is CC(C)OC(=O)CNCCCC1CC1. The third kappa shape index (κ3) is 5.97. The van der Waals surface area contributed by atoms with Gasteiger partial charge in [0.05, 0.1) is 12.6 Å². The minimum atomic E-state index is -0.147. The lowest BCUT2D eigenvalue weighted by molar-refractivity contribution is -0.146. The van der Waals surface area contributed by atoms with Gasteiger partial charge in [-0.2, -0.15) is 0 Å². The first-order valence-corrected chi connectivity index (χ1v) is 5.58. The van der Waals surface area contributed by atoms with E-state index in [1.807, 2.05) is 13.8 Å². The van der Waals surface area contributed by atoms with Crippen LogP contribution in [0.2, 0.25) is 0 Å². The van der Waals surface area contributed by atoms with Crippen LogP contribution >= 0.6 is 0 Å². The summed E-state index contributed by atoms with van der Waals surface area (Å²) in [5, 5.41) is 3.10. The lowest BCUT2D eigenvalue weighted by atomic mass is 10.2. The highest BCUT2D eigenvalue weighted by Gasteiger charge is 2.19. The van der Waals surface area contributed by atoms with Crippen molar-refractivity contribution in [3.8, 4) is 0 Å². The second-order valence-electron chi connectivity index (χ2n) is 4.30. The zero-order valence-electron chi connectivity index (χ0n) is 9.21. The predicted octanol–water partition coefficient (Wildman–Crippen LogP) is 1.72. The van der Waals surface area contributed by atoms with Crippen LogP contribution in [0.4, 0.5) is 0 Å². The highest BCUT2D eigenvalue weighted by molar-refractivity contribution is 5.71. The molecule has 3 heteroatoms. The predicted molar refractivity (Wildman–Crippen MR) is 56.1 cm³/mol. The van der Waals surface area contributed by atoms with E-state index in [0.29, 0.717) is 6.54 Å². The molecule has 0 radical (unpaired) electrons. The van der Waals surface area contributed by atoms with Crippen LogP contribution in [0.1, 0.15) is 39.5 Å². The van der Waals surface area contributed by atoms with Gasteiger partial charge in [0.25, 0.3) is 0 Å². The van der Waals surface area contributed by atoms with E-state index in [0.717, 1.165) is 12.5 Å². The number of rotatable bonds is 7. The molecular formula is C11H21NO2. The van der Waals surface area contributed by atoms with E-state index >= 15 is 0 Å². The summed E-state index contributed by atoms with van der Waals surface area (Å²) in [7, 11) is 0. The van der Waals surface area contributed by atoms with Crippen LogP contribution < -0.4 is 5.32 Å². The Morgan fingerprint density at radius 2 is 2.21 bits per heavy atom. The zero-order valence-corrected chi connectivity index (χ0v) is 9.21. The molecule has 1 N–H and O–H groups in total. The molecule has 0 spiro atoms. The van der Waals surface area contributed by atoms with Crippen LogP contribution in [0.15, 0.2) is 0 Å². The summed E-state index contributed by atoms with van der Waals surface area (Å²) in [6.07, 6.45) is 5.31. The molecule has 0 saturated heterocycles. The fraction of sp³-hybridized carbons (Fsp3) is 0.909. The van der Waals surface area contributed by atoms with Gasteiger partial charge in [-0.1, -0.05) is 12.8 Å². The monoisotopic (exact) mass is 199 g/mol. The van der Waals surface area contributed by atoms with Crippen LogP contribution in [0.25, 0.3) is 0 Å². The van der Waals surface area contributed by atoms with Gasteiger partial charge in [0.2, 0.25) is 0 Å². The maximum atomic E-state index is 11.1. The maximum Gasteiger partial charge on any atom is 0.320 e. The van der Waals surface area contributed by atoms with Gasteiger partial charge in [0.15, 0.2) is 0 Å². The average Bonchev–Trinajstić information content (AvgIpc) is 2.86. The van der Waals surface area contributed by atoms with Crippen molar-refractivity contribution >= 4 is 5.97 Å². The quantitative estimate of drug-likeness (QED) is 0.501. The van der Waals surface area contributed by atoms with E-state index in [9.17, 15) is 4.79 Å². The van der Waals surface area contributed by atoms with Crippen molar-refractivity contribution in [1.82, 2.24) is 5.32 Å². The number of carbonyl (C=O) groups excluding carboxylic acids is 1. The molecule has 0 unspecified atom stereocenters. The minimum absolute atomic E-state index is 0.00392. The molecule has 0 aromatic heterocycles. The van der Waals surface area contributed by atoms with Crippen LogP contribution in [0.3, 0.4) is 0 Å². The van der Waals surface area contributed by atoms with Gasteiger partial charge in [0.1, 0.15) is 0 Å². The largest absolute Gasteiger partial charge is 0.462 e. The Balaban J connectivity index is 1.84. The van der Waals surface area contributed by atoms with Crippen molar-refractivity contribution in [1.29, 1.82) is 0 Å². The molecular weight excluding hydrogens is 178 g/mol. The Morgan fingerprint density at radius 3 is 2.79 bits per heavy atom. The van der Waals surface area contributed by atoms with Gasteiger partial charge in [-0.3, -0.25) is 4.79 Å². The zero-order chi connectivity index (χ0) is 10.4. The van der Waals surface area contributed by atoms with E-state index in [2.05, 4.69) is 5.32 Å². The van der Waals surface area contributed by atoms with E-state index in [1.54, 1.807) is 0 Å². The van der Waals surface area contributed by atoms with Crippen LogP contribution in [-0.2, 0) is 9.53 Å². The van der Waals surface area contributed by atoms with E-state index < -0.39 is 0 Å².